The van der Waals surface area contributed by atoms with Gasteiger partial charge < -0.3 is 10.2 Å². The van der Waals surface area contributed by atoms with Crippen molar-refractivity contribution in [3.63, 3.8) is 0 Å². The molecule has 1 aliphatic rings. The van der Waals surface area contributed by atoms with E-state index >= 15 is 0 Å². The van der Waals surface area contributed by atoms with E-state index in [-0.39, 0.29) is 24.0 Å². The first-order valence-corrected chi connectivity index (χ1v) is 5.43. The van der Waals surface area contributed by atoms with Crippen molar-refractivity contribution in [3.8, 4) is 0 Å². The first-order chi connectivity index (χ1) is 7.36. The summed E-state index contributed by atoms with van der Waals surface area (Å²) in [6, 6.07) is 8.52. The van der Waals surface area contributed by atoms with Gasteiger partial charge in [-0.1, -0.05) is 18.2 Å². The standard InChI is InChI=1S/C12H17N3.HI/c1-3-14-12(13-2)15-9-8-10-6-4-5-7-11(10)15;/h4-7H,3,8-9H2,1-2H3,(H,13,14);1H. The van der Waals surface area contributed by atoms with Gasteiger partial charge in [-0.15, -0.1) is 24.0 Å². The average Bonchev–Trinajstić information content (AvgIpc) is 2.70. The van der Waals surface area contributed by atoms with Crippen LogP contribution >= 0.6 is 24.0 Å². The SMILES string of the molecule is CCNC(=NC)N1CCc2ccccc21.I. The van der Waals surface area contributed by atoms with Crippen LogP contribution in [0.2, 0.25) is 0 Å². The van der Waals surface area contributed by atoms with E-state index in [2.05, 4.69) is 46.4 Å². The lowest BCUT2D eigenvalue weighted by Gasteiger charge is -2.21. The van der Waals surface area contributed by atoms with Gasteiger partial charge in [0, 0.05) is 25.8 Å². The molecule has 3 nitrogen and oxygen atoms in total. The zero-order valence-corrected chi connectivity index (χ0v) is 12.1. The lowest BCUT2D eigenvalue weighted by Crippen LogP contribution is -2.40. The van der Waals surface area contributed by atoms with E-state index < -0.39 is 0 Å². The molecule has 1 aromatic carbocycles. The predicted molar refractivity (Wildman–Crippen MR) is 79.9 cm³/mol. The first kappa shape index (κ1) is 13.3. The number of aliphatic imine (C=N–C) groups is 1. The lowest BCUT2D eigenvalue weighted by molar-refractivity contribution is 0.901. The van der Waals surface area contributed by atoms with E-state index in [1.54, 1.807) is 0 Å². The molecule has 0 aliphatic carbocycles. The molecule has 0 saturated heterocycles. The minimum Gasteiger partial charge on any atom is -0.356 e. The highest BCUT2D eigenvalue weighted by Crippen LogP contribution is 2.27. The number of benzene rings is 1. The van der Waals surface area contributed by atoms with Gasteiger partial charge in [0.1, 0.15) is 0 Å². The quantitative estimate of drug-likeness (QED) is 0.486. The molecule has 0 aromatic heterocycles. The molecule has 0 atom stereocenters. The fourth-order valence-electron chi connectivity index (χ4n) is 2.01. The monoisotopic (exact) mass is 331 g/mol. The van der Waals surface area contributed by atoms with Crippen molar-refractivity contribution in [2.45, 2.75) is 13.3 Å². The molecule has 0 fully saturated rings. The number of halogens is 1. The van der Waals surface area contributed by atoms with Gasteiger partial charge in [0.15, 0.2) is 5.96 Å². The molecular formula is C12H18IN3. The normalized spacial score (nSPS) is 14.4. The van der Waals surface area contributed by atoms with E-state index in [4.69, 9.17) is 0 Å². The Morgan fingerprint density at radius 3 is 2.88 bits per heavy atom. The number of para-hydroxylation sites is 1. The fraction of sp³-hybridized carbons (Fsp3) is 0.417. The Morgan fingerprint density at radius 2 is 2.19 bits per heavy atom. The largest absolute Gasteiger partial charge is 0.356 e. The first-order valence-electron chi connectivity index (χ1n) is 5.43. The molecular weight excluding hydrogens is 313 g/mol. The van der Waals surface area contributed by atoms with Gasteiger partial charge in [-0.25, -0.2) is 0 Å². The van der Waals surface area contributed by atoms with Crippen LogP contribution in [0.4, 0.5) is 5.69 Å². The third kappa shape index (κ3) is 2.48. The second-order valence-electron chi connectivity index (χ2n) is 3.61. The summed E-state index contributed by atoms with van der Waals surface area (Å²) in [5.74, 6) is 0.974. The number of hydrogen-bond donors (Lipinski definition) is 1. The molecule has 16 heavy (non-hydrogen) atoms. The second-order valence-corrected chi connectivity index (χ2v) is 3.61. The summed E-state index contributed by atoms with van der Waals surface area (Å²) in [7, 11) is 1.83. The Morgan fingerprint density at radius 1 is 1.44 bits per heavy atom. The molecule has 4 heteroatoms. The van der Waals surface area contributed by atoms with Crippen molar-refractivity contribution in [2.24, 2.45) is 4.99 Å². The fourth-order valence-corrected chi connectivity index (χ4v) is 2.01. The molecule has 0 unspecified atom stereocenters. The third-order valence-corrected chi connectivity index (χ3v) is 2.69. The van der Waals surface area contributed by atoms with Crippen LogP contribution in [-0.2, 0) is 6.42 Å². The van der Waals surface area contributed by atoms with Gasteiger partial charge in [0.2, 0.25) is 0 Å². The number of rotatable bonds is 1. The lowest BCUT2D eigenvalue weighted by atomic mass is 10.2. The van der Waals surface area contributed by atoms with Crippen LogP contribution in [0.1, 0.15) is 12.5 Å². The predicted octanol–water partition coefficient (Wildman–Crippen LogP) is 2.26. The van der Waals surface area contributed by atoms with Crippen molar-refractivity contribution in [1.82, 2.24) is 5.32 Å². The van der Waals surface area contributed by atoms with Gasteiger partial charge in [-0.2, -0.15) is 0 Å². The Hall–Kier alpha value is -0.780. The molecule has 0 bridgehead atoms. The second kappa shape index (κ2) is 6.08. The number of fused-ring (bicyclic) bond motifs is 1. The van der Waals surface area contributed by atoms with Crippen LogP contribution in [-0.4, -0.2) is 26.1 Å². The molecule has 1 aromatic rings. The van der Waals surface area contributed by atoms with E-state index in [1.807, 2.05) is 7.05 Å². The minimum atomic E-state index is 0. The molecule has 1 heterocycles. The molecule has 88 valence electrons. The molecule has 0 saturated carbocycles. The van der Waals surface area contributed by atoms with Crippen LogP contribution in [0.3, 0.4) is 0 Å². The van der Waals surface area contributed by atoms with Gasteiger partial charge in [-0.05, 0) is 25.0 Å². The van der Waals surface area contributed by atoms with Crippen molar-refractivity contribution < 1.29 is 0 Å². The highest BCUT2D eigenvalue weighted by molar-refractivity contribution is 14.0. The van der Waals surface area contributed by atoms with Gasteiger partial charge >= 0.3 is 0 Å². The third-order valence-electron chi connectivity index (χ3n) is 2.69. The Bertz CT molecular complexity index is 376. The van der Waals surface area contributed by atoms with Crippen LogP contribution in [0.5, 0.6) is 0 Å². The number of hydrogen-bond acceptors (Lipinski definition) is 1. The van der Waals surface area contributed by atoms with Crippen LogP contribution in [0.15, 0.2) is 29.3 Å². The van der Waals surface area contributed by atoms with E-state index in [1.165, 1.54) is 11.3 Å². The van der Waals surface area contributed by atoms with Gasteiger partial charge in [0.25, 0.3) is 0 Å². The summed E-state index contributed by atoms with van der Waals surface area (Å²) in [6.45, 7) is 4.03. The summed E-state index contributed by atoms with van der Waals surface area (Å²) >= 11 is 0. The topological polar surface area (TPSA) is 27.6 Å². The molecule has 0 amide bonds. The number of nitrogens with zero attached hydrogens (tertiary/aromatic N) is 2. The maximum Gasteiger partial charge on any atom is 0.198 e. The van der Waals surface area contributed by atoms with Gasteiger partial charge in [0.05, 0.1) is 0 Å². The van der Waals surface area contributed by atoms with E-state index in [0.717, 1.165) is 25.5 Å². The van der Waals surface area contributed by atoms with Gasteiger partial charge in [-0.3, -0.25) is 4.99 Å². The summed E-state index contributed by atoms with van der Waals surface area (Å²) in [5.41, 5.74) is 2.70. The van der Waals surface area contributed by atoms with Crippen molar-refractivity contribution in [1.29, 1.82) is 0 Å². The highest BCUT2D eigenvalue weighted by Gasteiger charge is 2.21. The summed E-state index contributed by atoms with van der Waals surface area (Å²) in [5, 5.41) is 3.29. The number of nitrogens with one attached hydrogen (secondary N) is 1. The molecule has 1 N–H and O–H groups in total. The smallest absolute Gasteiger partial charge is 0.198 e. The molecule has 1 aliphatic heterocycles. The Labute approximate surface area is 114 Å². The maximum absolute atomic E-state index is 4.29. The Kier molecular flexibility index (Phi) is 5.05. The summed E-state index contributed by atoms with van der Waals surface area (Å²) < 4.78 is 0. The molecule has 0 spiro atoms. The highest BCUT2D eigenvalue weighted by atomic mass is 127. The summed E-state index contributed by atoms with van der Waals surface area (Å²) in [4.78, 5) is 6.54. The average molecular weight is 331 g/mol. The number of guanidine groups is 1. The maximum atomic E-state index is 4.29. The van der Waals surface area contributed by atoms with Crippen LogP contribution in [0.25, 0.3) is 0 Å². The Balaban J connectivity index is 0.00000128. The van der Waals surface area contributed by atoms with Crippen molar-refractivity contribution in [2.75, 3.05) is 25.0 Å². The van der Waals surface area contributed by atoms with Crippen molar-refractivity contribution >= 4 is 35.6 Å². The van der Waals surface area contributed by atoms with E-state index in [0.29, 0.717) is 0 Å². The van der Waals surface area contributed by atoms with Crippen LogP contribution in [0, 0.1) is 0 Å². The number of anilines is 1. The van der Waals surface area contributed by atoms with Crippen molar-refractivity contribution in [3.05, 3.63) is 29.8 Å². The molecule has 2 rings (SSSR count). The van der Waals surface area contributed by atoms with Crippen LogP contribution < -0.4 is 10.2 Å². The minimum absolute atomic E-state index is 0. The zero-order chi connectivity index (χ0) is 10.7. The van der Waals surface area contributed by atoms with E-state index in [9.17, 15) is 0 Å². The molecule has 0 radical (unpaired) electrons. The zero-order valence-electron chi connectivity index (χ0n) is 9.73. The summed E-state index contributed by atoms with van der Waals surface area (Å²) in [6.07, 6.45) is 1.11.